The second kappa shape index (κ2) is 8.72. The van der Waals surface area contributed by atoms with Crippen LogP contribution in [0.15, 0.2) is 0 Å². The third-order valence-electron chi connectivity index (χ3n) is 2.98. The van der Waals surface area contributed by atoms with Gasteiger partial charge in [0.05, 0.1) is 18.8 Å². The van der Waals surface area contributed by atoms with Gasteiger partial charge in [0.2, 0.25) is 5.91 Å². The topological polar surface area (TPSA) is 55.6 Å². The van der Waals surface area contributed by atoms with Crippen LogP contribution in [-0.4, -0.2) is 42.6 Å². The number of rotatable bonds is 5. The fourth-order valence-electron chi connectivity index (χ4n) is 2.09. The molecule has 0 bridgehead atoms. The summed E-state index contributed by atoms with van der Waals surface area (Å²) in [6.07, 6.45) is 4.04. The molecular weight excluding hydrogens is 240 g/mol. The van der Waals surface area contributed by atoms with Crippen LogP contribution in [0.4, 0.5) is 0 Å². The number of carbonyl (C=O) groups excluding carboxylic acids is 1. The predicted molar refractivity (Wildman–Crippen MR) is 71.4 cm³/mol. The van der Waals surface area contributed by atoms with E-state index in [-0.39, 0.29) is 30.5 Å². The van der Waals surface area contributed by atoms with Crippen LogP contribution in [0.25, 0.3) is 0 Å². The van der Waals surface area contributed by atoms with Crippen molar-refractivity contribution >= 4 is 18.3 Å². The molecule has 1 amide bonds. The van der Waals surface area contributed by atoms with Gasteiger partial charge in [0, 0.05) is 13.1 Å². The Balaban J connectivity index is 0.00000256. The lowest BCUT2D eigenvalue weighted by Gasteiger charge is -2.34. The summed E-state index contributed by atoms with van der Waals surface area (Å²) in [5.74, 6) is 0.0891. The number of nitrogens with two attached hydrogens (primary N) is 1. The molecule has 4 nitrogen and oxygen atoms in total. The normalized spacial score (nSPS) is 21.8. The average Bonchev–Trinajstić information content (AvgIpc) is 2.29. The Morgan fingerprint density at radius 1 is 1.47 bits per heavy atom. The van der Waals surface area contributed by atoms with Gasteiger partial charge >= 0.3 is 0 Å². The van der Waals surface area contributed by atoms with Crippen molar-refractivity contribution in [2.24, 2.45) is 5.73 Å². The smallest absolute Gasteiger partial charge is 0.239 e. The lowest BCUT2D eigenvalue weighted by Crippen LogP contribution is -2.51. The fourth-order valence-corrected chi connectivity index (χ4v) is 2.09. The molecule has 1 rings (SSSR count). The summed E-state index contributed by atoms with van der Waals surface area (Å²) in [5.41, 5.74) is 5.85. The van der Waals surface area contributed by atoms with Gasteiger partial charge in [-0.3, -0.25) is 4.79 Å². The van der Waals surface area contributed by atoms with Gasteiger partial charge in [-0.25, -0.2) is 0 Å². The van der Waals surface area contributed by atoms with E-state index in [1.807, 2.05) is 11.8 Å². The summed E-state index contributed by atoms with van der Waals surface area (Å²) in [6.45, 7) is 6.23. The monoisotopic (exact) mass is 264 g/mol. The number of amides is 1. The zero-order chi connectivity index (χ0) is 12.0. The standard InChI is InChI=1S/C12H24N2O2.ClH/c1-3-5-10-9-14(7-8-16-10)12(15)11(13)6-4-2;/h10-11H,3-9,13H2,1-2H3;1H. The largest absolute Gasteiger partial charge is 0.375 e. The molecule has 1 aliphatic rings. The summed E-state index contributed by atoms with van der Waals surface area (Å²) in [4.78, 5) is 13.8. The van der Waals surface area contributed by atoms with Gasteiger partial charge in [0.1, 0.15) is 0 Å². The molecule has 2 N–H and O–H groups in total. The Kier molecular flexibility index (Phi) is 8.56. The highest BCUT2D eigenvalue weighted by atomic mass is 35.5. The zero-order valence-electron chi connectivity index (χ0n) is 10.9. The molecule has 1 heterocycles. The van der Waals surface area contributed by atoms with Crippen molar-refractivity contribution in [3.8, 4) is 0 Å². The van der Waals surface area contributed by atoms with E-state index in [1.165, 1.54) is 0 Å². The van der Waals surface area contributed by atoms with E-state index in [0.717, 1.165) is 25.7 Å². The molecule has 2 atom stereocenters. The molecule has 0 aromatic carbocycles. The molecule has 102 valence electrons. The first-order valence-electron chi connectivity index (χ1n) is 6.35. The van der Waals surface area contributed by atoms with Crippen molar-refractivity contribution in [1.29, 1.82) is 0 Å². The lowest BCUT2D eigenvalue weighted by atomic mass is 10.1. The quantitative estimate of drug-likeness (QED) is 0.820. The second-order valence-corrected chi connectivity index (χ2v) is 4.46. The molecule has 1 aliphatic heterocycles. The van der Waals surface area contributed by atoms with Crippen LogP contribution in [0, 0.1) is 0 Å². The summed E-state index contributed by atoms with van der Waals surface area (Å²) >= 11 is 0. The summed E-state index contributed by atoms with van der Waals surface area (Å²) in [7, 11) is 0. The maximum atomic E-state index is 12.0. The SMILES string of the molecule is CCCC1CN(C(=O)C(N)CCC)CCO1.Cl. The van der Waals surface area contributed by atoms with E-state index >= 15 is 0 Å². The van der Waals surface area contributed by atoms with Crippen molar-refractivity contribution < 1.29 is 9.53 Å². The third kappa shape index (κ3) is 5.23. The Bertz CT molecular complexity index is 225. The van der Waals surface area contributed by atoms with Gasteiger partial charge in [-0.2, -0.15) is 0 Å². The first kappa shape index (κ1) is 16.7. The Hall–Kier alpha value is -0.320. The molecule has 0 radical (unpaired) electrons. The average molecular weight is 265 g/mol. The van der Waals surface area contributed by atoms with Gasteiger partial charge in [-0.15, -0.1) is 12.4 Å². The van der Waals surface area contributed by atoms with E-state index in [1.54, 1.807) is 0 Å². The number of nitrogens with zero attached hydrogens (tertiary/aromatic N) is 1. The van der Waals surface area contributed by atoms with Crippen molar-refractivity contribution in [2.75, 3.05) is 19.7 Å². The van der Waals surface area contributed by atoms with E-state index in [4.69, 9.17) is 10.5 Å². The van der Waals surface area contributed by atoms with Crippen LogP contribution < -0.4 is 5.73 Å². The van der Waals surface area contributed by atoms with Crippen LogP contribution in [0.2, 0.25) is 0 Å². The molecule has 0 aromatic heterocycles. The zero-order valence-corrected chi connectivity index (χ0v) is 11.7. The number of hydrogen-bond acceptors (Lipinski definition) is 3. The van der Waals surface area contributed by atoms with Crippen LogP contribution in [0.1, 0.15) is 39.5 Å². The first-order valence-corrected chi connectivity index (χ1v) is 6.35. The van der Waals surface area contributed by atoms with Crippen molar-refractivity contribution in [1.82, 2.24) is 4.90 Å². The van der Waals surface area contributed by atoms with E-state index in [2.05, 4.69) is 6.92 Å². The number of hydrogen-bond donors (Lipinski definition) is 1. The molecule has 0 spiro atoms. The Morgan fingerprint density at radius 2 is 2.18 bits per heavy atom. The Morgan fingerprint density at radius 3 is 2.76 bits per heavy atom. The third-order valence-corrected chi connectivity index (χ3v) is 2.98. The first-order chi connectivity index (χ1) is 7.69. The van der Waals surface area contributed by atoms with Gasteiger partial charge in [0.25, 0.3) is 0 Å². The molecular formula is C12H25ClN2O2. The van der Waals surface area contributed by atoms with Crippen molar-refractivity contribution in [2.45, 2.75) is 51.7 Å². The maximum Gasteiger partial charge on any atom is 0.239 e. The molecule has 17 heavy (non-hydrogen) atoms. The summed E-state index contributed by atoms with van der Waals surface area (Å²) < 4.78 is 5.60. The number of ether oxygens (including phenoxy) is 1. The highest BCUT2D eigenvalue weighted by Gasteiger charge is 2.26. The van der Waals surface area contributed by atoms with Gasteiger partial charge in [-0.05, 0) is 12.8 Å². The second-order valence-electron chi connectivity index (χ2n) is 4.46. The van der Waals surface area contributed by atoms with E-state index < -0.39 is 0 Å². The number of carbonyl (C=O) groups is 1. The molecule has 0 saturated carbocycles. The molecule has 0 aromatic rings. The summed E-state index contributed by atoms with van der Waals surface area (Å²) in [5, 5.41) is 0. The fraction of sp³-hybridized carbons (Fsp3) is 0.917. The van der Waals surface area contributed by atoms with E-state index in [9.17, 15) is 4.79 Å². The van der Waals surface area contributed by atoms with Crippen LogP contribution >= 0.6 is 12.4 Å². The van der Waals surface area contributed by atoms with Crippen molar-refractivity contribution in [3.05, 3.63) is 0 Å². The van der Waals surface area contributed by atoms with E-state index in [0.29, 0.717) is 19.7 Å². The lowest BCUT2D eigenvalue weighted by molar-refractivity contribution is -0.140. The number of morpholine rings is 1. The minimum atomic E-state index is -0.328. The molecule has 5 heteroatoms. The highest BCUT2D eigenvalue weighted by Crippen LogP contribution is 2.12. The summed E-state index contributed by atoms with van der Waals surface area (Å²) in [6, 6.07) is -0.328. The predicted octanol–water partition coefficient (Wildman–Crippen LogP) is 1.56. The molecule has 2 unspecified atom stereocenters. The van der Waals surface area contributed by atoms with Crippen molar-refractivity contribution in [3.63, 3.8) is 0 Å². The Labute approximate surface area is 110 Å². The van der Waals surface area contributed by atoms with Crippen LogP contribution in [0.3, 0.4) is 0 Å². The van der Waals surface area contributed by atoms with Crippen LogP contribution in [0.5, 0.6) is 0 Å². The van der Waals surface area contributed by atoms with Gasteiger partial charge in [-0.1, -0.05) is 26.7 Å². The molecule has 1 saturated heterocycles. The minimum Gasteiger partial charge on any atom is -0.375 e. The van der Waals surface area contributed by atoms with Gasteiger partial charge in [0.15, 0.2) is 0 Å². The minimum absolute atomic E-state index is 0. The molecule has 1 fully saturated rings. The van der Waals surface area contributed by atoms with Crippen LogP contribution in [-0.2, 0) is 9.53 Å². The highest BCUT2D eigenvalue weighted by molar-refractivity contribution is 5.85. The van der Waals surface area contributed by atoms with Gasteiger partial charge < -0.3 is 15.4 Å². The number of halogens is 1. The molecule has 0 aliphatic carbocycles. The maximum absolute atomic E-state index is 12.0.